The van der Waals surface area contributed by atoms with Crippen LogP contribution in [0.1, 0.15) is 26.7 Å². The minimum atomic E-state index is 0. The van der Waals surface area contributed by atoms with Crippen molar-refractivity contribution >= 4 is 41.7 Å². The van der Waals surface area contributed by atoms with Gasteiger partial charge in [0.05, 0.1) is 0 Å². The van der Waals surface area contributed by atoms with Crippen molar-refractivity contribution < 1.29 is 0 Å². The Hall–Kier alpha value is 0.0900. The van der Waals surface area contributed by atoms with Gasteiger partial charge in [-0.25, -0.2) is 0 Å². The van der Waals surface area contributed by atoms with Gasteiger partial charge >= 0.3 is 0 Å². The van der Waals surface area contributed by atoms with Crippen LogP contribution in [-0.4, -0.2) is 49.0 Å². The number of rotatable bonds is 7. The van der Waals surface area contributed by atoms with Gasteiger partial charge in [0.25, 0.3) is 0 Å². The van der Waals surface area contributed by atoms with Crippen molar-refractivity contribution in [1.29, 1.82) is 0 Å². The van der Waals surface area contributed by atoms with Crippen LogP contribution in [0.2, 0.25) is 0 Å². The van der Waals surface area contributed by atoms with Crippen LogP contribution in [0.15, 0.2) is 17.6 Å². The molecule has 0 atom stereocenters. The van der Waals surface area contributed by atoms with Crippen LogP contribution in [0.4, 0.5) is 0 Å². The van der Waals surface area contributed by atoms with E-state index in [4.69, 9.17) is 0 Å². The molecule has 0 spiro atoms. The van der Waals surface area contributed by atoms with Crippen molar-refractivity contribution in [3.8, 4) is 0 Å². The summed E-state index contributed by atoms with van der Waals surface area (Å²) in [5.41, 5.74) is 0. The standard InChI is InChI=1S/C13H27N3S.HI/c1-7-8-9-10-16(5)12(14-4)15-11-13(2,3)17-6;/h7H,1,8-11H2,2-6H3,(H,14,15);1H. The summed E-state index contributed by atoms with van der Waals surface area (Å²) in [6.07, 6.45) is 6.27. The van der Waals surface area contributed by atoms with E-state index >= 15 is 0 Å². The molecule has 0 rings (SSSR count). The van der Waals surface area contributed by atoms with E-state index in [1.807, 2.05) is 24.9 Å². The van der Waals surface area contributed by atoms with Crippen molar-refractivity contribution in [2.24, 2.45) is 4.99 Å². The zero-order valence-electron chi connectivity index (χ0n) is 12.3. The maximum absolute atomic E-state index is 4.30. The van der Waals surface area contributed by atoms with Gasteiger partial charge in [0, 0.05) is 31.9 Å². The number of hydrogen-bond acceptors (Lipinski definition) is 2. The maximum atomic E-state index is 4.30. The average Bonchev–Trinajstić information content (AvgIpc) is 2.30. The minimum Gasteiger partial charge on any atom is -0.355 e. The fourth-order valence-electron chi connectivity index (χ4n) is 1.33. The third-order valence-electron chi connectivity index (χ3n) is 2.70. The Kier molecular flexibility index (Phi) is 12.4. The second kappa shape index (κ2) is 11.0. The zero-order valence-corrected chi connectivity index (χ0v) is 15.5. The fraction of sp³-hybridized carbons (Fsp3) is 0.769. The first kappa shape index (κ1) is 20.4. The van der Waals surface area contributed by atoms with Gasteiger partial charge in [-0.3, -0.25) is 4.99 Å². The van der Waals surface area contributed by atoms with Crippen LogP contribution >= 0.6 is 35.7 Å². The van der Waals surface area contributed by atoms with Gasteiger partial charge < -0.3 is 10.2 Å². The molecule has 0 saturated heterocycles. The van der Waals surface area contributed by atoms with E-state index in [-0.39, 0.29) is 28.7 Å². The lowest BCUT2D eigenvalue weighted by Crippen LogP contribution is -2.44. The molecular weight excluding hydrogens is 357 g/mol. The summed E-state index contributed by atoms with van der Waals surface area (Å²) in [7, 11) is 3.91. The first-order valence-corrected chi connectivity index (χ1v) is 7.27. The van der Waals surface area contributed by atoms with E-state index < -0.39 is 0 Å². The number of nitrogens with one attached hydrogen (secondary N) is 1. The van der Waals surface area contributed by atoms with Crippen LogP contribution in [0.25, 0.3) is 0 Å². The van der Waals surface area contributed by atoms with Crippen molar-refractivity contribution in [2.45, 2.75) is 31.4 Å². The van der Waals surface area contributed by atoms with Crippen LogP contribution in [0.5, 0.6) is 0 Å². The van der Waals surface area contributed by atoms with Gasteiger partial charge in [-0.15, -0.1) is 30.6 Å². The molecule has 5 heteroatoms. The molecule has 0 aliphatic carbocycles. The van der Waals surface area contributed by atoms with Crippen LogP contribution in [-0.2, 0) is 0 Å². The number of nitrogens with zero attached hydrogens (tertiary/aromatic N) is 2. The normalized spacial score (nSPS) is 11.7. The van der Waals surface area contributed by atoms with Gasteiger partial charge in [-0.1, -0.05) is 6.08 Å². The lowest BCUT2D eigenvalue weighted by atomic mass is 10.2. The molecular formula is C13H28IN3S. The number of guanidine groups is 1. The monoisotopic (exact) mass is 385 g/mol. The van der Waals surface area contributed by atoms with E-state index in [1.165, 1.54) is 0 Å². The second-order valence-electron chi connectivity index (χ2n) is 4.72. The van der Waals surface area contributed by atoms with Crippen LogP contribution in [0.3, 0.4) is 0 Å². The SMILES string of the molecule is C=CCCCN(C)C(=NC)NCC(C)(C)SC.I. The maximum Gasteiger partial charge on any atom is 0.193 e. The molecule has 108 valence electrons. The lowest BCUT2D eigenvalue weighted by molar-refractivity contribution is 0.466. The number of unbranched alkanes of at least 4 members (excludes halogenated alkanes) is 1. The predicted molar refractivity (Wildman–Crippen MR) is 96.4 cm³/mol. The molecule has 0 aromatic carbocycles. The molecule has 3 nitrogen and oxygen atoms in total. The Balaban J connectivity index is 0. The quantitative estimate of drug-likeness (QED) is 0.240. The van der Waals surface area contributed by atoms with Crippen LogP contribution < -0.4 is 5.32 Å². The fourth-order valence-corrected chi connectivity index (χ4v) is 1.54. The summed E-state index contributed by atoms with van der Waals surface area (Å²) in [5, 5.41) is 3.42. The first-order valence-electron chi connectivity index (χ1n) is 6.04. The number of halogens is 1. The Morgan fingerprint density at radius 3 is 2.56 bits per heavy atom. The van der Waals surface area contributed by atoms with E-state index in [2.05, 4.69) is 48.9 Å². The number of hydrogen-bond donors (Lipinski definition) is 1. The highest BCUT2D eigenvalue weighted by Crippen LogP contribution is 2.19. The van der Waals surface area contributed by atoms with E-state index in [9.17, 15) is 0 Å². The number of allylic oxidation sites excluding steroid dienone is 1. The van der Waals surface area contributed by atoms with Gasteiger partial charge in [0.15, 0.2) is 5.96 Å². The van der Waals surface area contributed by atoms with Gasteiger partial charge in [-0.2, -0.15) is 11.8 Å². The third kappa shape index (κ3) is 9.08. The largest absolute Gasteiger partial charge is 0.355 e. The Bertz CT molecular complexity index is 255. The summed E-state index contributed by atoms with van der Waals surface area (Å²) in [6.45, 7) is 10.1. The van der Waals surface area contributed by atoms with Gasteiger partial charge in [0.2, 0.25) is 0 Å². The Morgan fingerprint density at radius 2 is 2.11 bits per heavy atom. The molecule has 0 aliphatic rings. The van der Waals surface area contributed by atoms with Crippen molar-refractivity contribution in [3.05, 3.63) is 12.7 Å². The summed E-state index contributed by atoms with van der Waals surface area (Å²) < 4.78 is 0.234. The Morgan fingerprint density at radius 1 is 1.50 bits per heavy atom. The van der Waals surface area contributed by atoms with E-state index in [0.717, 1.165) is 31.9 Å². The molecule has 0 radical (unpaired) electrons. The minimum absolute atomic E-state index is 0. The lowest BCUT2D eigenvalue weighted by Gasteiger charge is -2.27. The van der Waals surface area contributed by atoms with E-state index in [0.29, 0.717) is 0 Å². The highest BCUT2D eigenvalue weighted by atomic mass is 127. The van der Waals surface area contributed by atoms with Gasteiger partial charge in [-0.05, 0) is 32.9 Å². The van der Waals surface area contributed by atoms with Crippen molar-refractivity contribution in [1.82, 2.24) is 10.2 Å². The Labute approximate surface area is 134 Å². The molecule has 0 bridgehead atoms. The van der Waals surface area contributed by atoms with Crippen molar-refractivity contribution in [3.63, 3.8) is 0 Å². The highest BCUT2D eigenvalue weighted by molar-refractivity contribution is 14.0. The number of thioether (sulfide) groups is 1. The summed E-state index contributed by atoms with van der Waals surface area (Å²) in [6, 6.07) is 0. The first-order chi connectivity index (χ1) is 7.96. The third-order valence-corrected chi connectivity index (χ3v) is 3.95. The van der Waals surface area contributed by atoms with Crippen molar-refractivity contribution in [2.75, 3.05) is 33.4 Å². The molecule has 18 heavy (non-hydrogen) atoms. The molecule has 0 unspecified atom stereocenters. The summed E-state index contributed by atoms with van der Waals surface area (Å²) in [4.78, 5) is 6.47. The molecule has 0 aliphatic heterocycles. The highest BCUT2D eigenvalue weighted by Gasteiger charge is 2.17. The molecule has 0 aromatic rings. The molecule has 0 aromatic heterocycles. The smallest absolute Gasteiger partial charge is 0.193 e. The molecule has 0 saturated carbocycles. The second-order valence-corrected chi connectivity index (χ2v) is 6.23. The summed E-state index contributed by atoms with van der Waals surface area (Å²) in [5.74, 6) is 0.969. The molecule has 0 heterocycles. The predicted octanol–water partition coefficient (Wildman–Crippen LogP) is 3.22. The van der Waals surface area contributed by atoms with E-state index in [1.54, 1.807) is 0 Å². The van der Waals surface area contributed by atoms with Gasteiger partial charge in [0.1, 0.15) is 0 Å². The molecule has 0 amide bonds. The average molecular weight is 385 g/mol. The topological polar surface area (TPSA) is 27.6 Å². The molecule has 0 fully saturated rings. The summed E-state index contributed by atoms with van der Waals surface area (Å²) >= 11 is 1.86. The zero-order chi connectivity index (χ0) is 13.3. The number of aliphatic imine (C=N–C) groups is 1. The van der Waals surface area contributed by atoms with Crippen LogP contribution in [0, 0.1) is 0 Å². The molecule has 1 N–H and O–H groups in total.